The predicted molar refractivity (Wildman–Crippen MR) is 122 cm³/mol. The van der Waals surface area contributed by atoms with Gasteiger partial charge in [-0.3, -0.25) is 4.98 Å². The van der Waals surface area contributed by atoms with Crippen LogP contribution in [-0.2, 0) is 13.1 Å². The highest BCUT2D eigenvalue weighted by Crippen LogP contribution is 2.27. The Kier molecular flexibility index (Phi) is 7.45. The lowest BCUT2D eigenvalue weighted by Crippen LogP contribution is -2.34. The van der Waals surface area contributed by atoms with Gasteiger partial charge in [-0.25, -0.2) is 0 Å². The van der Waals surface area contributed by atoms with E-state index >= 15 is 0 Å². The third-order valence-corrected chi connectivity index (χ3v) is 4.92. The Morgan fingerprint density at radius 1 is 0.933 bits per heavy atom. The summed E-state index contributed by atoms with van der Waals surface area (Å²) in [5, 5.41) is 3.90. The third-order valence-electron chi connectivity index (χ3n) is 4.56. The lowest BCUT2D eigenvalue weighted by atomic mass is 10.1. The minimum atomic E-state index is 0.553. The molecule has 0 aliphatic rings. The number of benzene rings is 2. The summed E-state index contributed by atoms with van der Waals surface area (Å²) >= 11 is 5.75. The fourth-order valence-electron chi connectivity index (χ4n) is 3.00. The molecule has 0 saturated carbocycles. The molecular weight excluding hydrogens is 398 g/mol. The second-order valence-corrected chi connectivity index (χ2v) is 6.94. The van der Waals surface area contributed by atoms with E-state index < -0.39 is 0 Å². The van der Waals surface area contributed by atoms with Crippen LogP contribution in [0.25, 0.3) is 0 Å². The predicted octanol–water partition coefficient (Wildman–Crippen LogP) is 4.51. The first-order chi connectivity index (χ1) is 14.6. The Morgan fingerprint density at radius 2 is 1.73 bits per heavy atom. The monoisotopic (exact) mass is 423 g/mol. The van der Waals surface area contributed by atoms with Gasteiger partial charge in [0.05, 0.1) is 21.3 Å². The standard InChI is InChI=1S/C23H25N3O3S/c1-27-20-8-4-7-19(12-20)25-23(30)26(15-17-6-5-11-24-14-17)16-18-9-10-21(28-2)13-22(18)29-3/h4-14H,15-16H2,1-3H3,(H,25,30). The van der Waals surface area contributed by atoms with E-state index in [9.17, 15) is 0 Å². The van der Waals surface area contributed by atoms with Crippen LogP contribution in [0.15, 0.2) is 67.0 Å². The quantitative estimate of drug-likeness (QED) is 0.535. The summed E-state index contributed by atoms with van der Waals surface area (Å²) in [7, 11) is 4.93. The molecule has 1 N–H and O–H groups in total. The zero-order valence-corrected chi connectivity index (χ0v) is 18.1. The number of nitrogens with one attached hydrogen (secondary N) is 1. The van der Waals surface area contributed by atoms with E-state index in [1.54, 1.807) is 27.5 Å². The average Bonchev–Trinajstić information content (AvgIpc) is 2.79. The van der Waals surface area contributed by atoms with Crippen LogP contribution in [0.1, 0.15) is 11.1 Å². The Bertz CT molecular complexity index is 982. The fraction of sp³-hybridized carbons (Fsp3) is 0.217. The first-order valence-electron chi connectivity index (χ1n) is 9.42. The minimum Gasteiger partial charge on any atom is -0.497 e. The maximum absolute atomic E-state index is 5.75. The summed E-state index contributed by atoms with van der Waals surface area (Å²) in [6.07, 6.45) is 3.60. The van der Waals surface area contributed by atoms with Crippen molar-refractivity contribution < 1.29 is 14.2 Å². The lowest BCUT2D eigenvalue weighted by molar-refractivity contribution is 0.370. The molecule has 7 heteroatoms. The van der Waals surface area contributed by atoms with Gasteiger partial charge in [-0.05, 0) is 48.1 Å². The van der Waals surface area contributed by atoms with E-state index in [1.165, 1.54) is 0 Å². The number of nitrogens with zero attached hydrogens (tertiary/aromatic N) is 2. The van der Waals surface area contributed by atoms with Crippen molar-refractivity contribution in [1.82, 2.24) is 9.88 Å². The first-order valence-corrected chi connectivity index (χ1v) is 9.83. The number of aromatic nitrogens is 1. The highest BCUT2D eigenvalue weighted by Gasteiger charge is 2.15. The van der Waals surface area contributed by atoms with Gasteiger partial charge in [-0.2, -0.15) is 0 Å². The number of pyridine rings is 1. The molecule has 0 amide bonds. The van der Waals surface area contributed by atoms with Crippen LogP contribution >= 0.6 is 12.2 Å². The normalized spacial score (nSPS) is 10.2. The van der Waals surface area contributed by atoms with Crippen molar-refractivity contribution in [3.05, 3.63) is 78.1 Å². The molecule has 0 radical (unpaired) electrons. The second-order valence-electron chi connectivity index (χ2n) is 6.56. The van der Waals surface area contributed by atoms with Crippen molar-refractivity contribution in [2.24, 2.45) is 0 Å². The van der Waals surface area contributed by atoms with Gasteiger partial charge in [-0.1, -0.05) is 12.1 Å². The molecule has 0 aliphatic heterocycles. The molecule has 0 unspecified atom stereocenters. The van der Waals surface area contributed by atoms with Gasteiger partial charge in [0, 0.05) is 48.9 Å². The number of hydrogen-bond acceptors (Lipinski definition) is 5. The molecule has 6 nitrogen and oxygen atoms in total. The molecule has 156 valence electrons. The Morgan fingerprint density at radius 3 is 2.43 bits per heavy atom. The minimum absolute atomic E-state index is 0.553. The van der Waals surface area contributed by atoms with Crippen LogP contribution in [0.4, 0.5) is 5.69 Å². The SMILES string of the molecule is COc1cccc(NC(=S)N(Cc2cccnc2)Cc2ccc(OC)cc2OC)c1. The first kappa shape index (κ1) is 21.4. The van der Waals surface area contributed by atoms with Crippen LogP contribution < -0.4 is 19.5 Å². The molecule has 30 heavy (non-hydrogen) atoms. The van der Waals surface area contributed by atoms with Gasteiger partial charge in [-0.15, -0.1) is 0 Å². The van der Waals surface area contributed by atoms with Gasteiger partial charge >= 0.3 is 0 Å². The van der Waals surface area contributed by atoms with Crippen LogP contribution in [0.3, 0.4) is 0 Å². The molecule has 2 aromatic carbocycles. The van der Waals surface area contributed by atoms with E-state index in [2.05, 4.69) is 15.2 Å². The Balaban J connectivity index is 1.85. The molecule has 0 saturated heterocycles. The maximum Gasteiger partial charge on any atom is 0.174 e. The largest absolute Gasteiger partial charge is 0.497 e. The van der Waals surface area contributed by atoms with Crippen LogP contribution in [0.2, 0.25) is 0 Å². The maximum atomic E-state index is 5.75. The zero-order valence-electron chi connectivity index (χ0n) is 17.3. The summed E-state index contributed by atoms with van der Waals surface area (Å²) in [6, 6.07) is 17.4. The fourth-order valence-corrected chi connectivity index (χ4v) is 3.25. The van der Waals surface area contributed by atoms with Crippen molar-refractivity contribution in [3.8, 4) is 17.2 Å². The number of methoxy groups -OCH3 is 3. The molecule has 1 aromatic heterocycles. The van der Waals surface area contributed by atoms with E-state index in [-0.39, 0.29) is 0 Å². The molecule has 1 heterocycles. The number of rotatable bonds is 8. The van der Waals surface area contributed by atoms with Crippen LogP contribution in [0.5, 0.6) is 17.2 Å². The molecular formula is C23H25N3O3S. The van der Waals surface area contributed by atoms with Gasteiger partial charge in [0.2, 0.25) is 0 Å². The van der Waals surface area contributed by atoms with Crippen molar-refractivity contribution in [1.29, 1.82) is 0 Å². The van der Waals surface area contributed by atoms with Gasteiger partial charge in [0.1, 0.15) is 17.2 Å². The van der Waals surface area contributed by atoms with E-state index in [4.69, 9.17) is 26.4 Å². The van der Waals surface area contributed by atoms with E-state index in [0.717, 1.165) is 34.1 Å². The van der Waals surface area contributed by atoms with Gasteiger partial charge < -0.3 is 24.4 Å². The van der Waals surface area contributed by atoms with E-state index in [1.807, 2.05) is 60.8 Å². The van der Waals surface area contributed by atoms with Crippen LogP contribution in [-0.4, -0.2) is 36.3 Å². The van der Waals surface area contributed by atoms with Crippen molar-refractivity contribution >= 4 is 23.0 Å². The highest BCUT2D eigenvalue weighted by atomic mass is 32.1. The number of hydrogen-bond donors (Lipinski definition) is 1. The Hall–Kier alpha value is -3.32. The smallest absolute Gasteiger partial charge is 0.174 e. The number of thiocarbonyl (C=S) groups is 1. The zero-order chi connectivity index (χ0) is 21.3. The van der Waals surface area contributed by atoms with Gasteiger partial charge in [0.15, 0.2) is 5.11 Å². The van der Waals surface area contributed by atoms with Crippen molar-refractivity contribution in [3.63, 3.8) is 0 Å². The molecule has 0 atom stereocenters. The molecule has 3 rings (SSSR count). The molecule has 0 bridgehead atoms. The summed E-state index contributed by atoms with van der Waals surface area (Å²) in [5.74, 6) is 2.25. The molecule has 0 spiro atoms. The molecule has 0 aliphatic carbocycles. The number of anilines is 1. The number of ether oxygens (including phenoxy) is 3. The van der Waals surface area contributed by atoms with Crippen LogP contribution in [0, 0.1) is 0 Å². The molecule has 0 fully saturated rings. The van der Waals surface area contributed by atoms with E-state index in [0.29, 0.717) is 18.2 Å². The Labute approximate surface area is 182 Å². The third kappa shape index (κ3) is 5.61. The van der Waals surface area contributed by atoms with Gasteiger partial charge in [0.25, 0.3) is 0 Å². The summed E-state index contributed by atoms with van der Waals surface area (Å²) in [5.41, 5.74) is 2.91. The van der Waals surface area contributed by atoms with Crippen molar-refractivity contribution in [2.45, 2.75) is 13.1 Å². The molecule has 3 aromatic rings. The average molecular weight is 424 g/mol. The summed E-state index contributed by atoms with van der Waals surface area (Å²) < 4.78 is 16.2. The summed E-state index contributed by atoms with van der Waals surface area (Å²) in [4.78, 5) is 6.28. The summed E-state index contributed by atoms with van der Waals surface area (Å²) in [6.45, 7) is 1.15. The lowest BCUT2D eigenvalue weighted by Gasteiger charge is -2.27. The highest BCUT2D eigenvalue weighted by molar-refractivity contribution is 7.80. The topological polar surface area (TPSA) is 55.9 Å². The second kappa shape index (κ2) is 10.5. The van der Waals surface area contributed by atoms with Crippen molar-refractivity contribution in [2.75, 3.05) is 26.6 Å².